The van der Waals surface area contributed by atoms with Crippen molar-refractivity contribution >= 4 is 5.97 Å². The minimum absolute atomic E-state index is 1.06. The fourth-order valence-corrected chi connectivity index (χ4v) is 1.12. The molecule has 0 bridgehead atoms. The van der Waals surface area contributed by atoms with Gasteiger partial charge >= 0.3 is 6.18 Å². The molecule has 1 heterocycles. The number of carboxylic acids is 1. The van der Waals surface area contributed by atoms with Crippen LogP contribution in [0.15, 0.2) is 6.20 Å². The van der Waals surface area contributed by atoms with Gasteiger partial charge in [0.2, 0.25) is 0 Å². The Labute approximate surface area is 90.7 Å². The van der Waals surface area contributed by atoms with Crippen LogP contribution in [-0.4, -0.2) is 17.1 Å². The second-order valence-electron chi connectivity index (χ2n) is 3.04. The lowest BCUT2D eigenvalue weighted by Gasteiger charge is -2.03. The van der Waals surface area contributed by atoms with E-state index in [2.05, 4.69) is 30.3 Å². The van der Waals surface area contributed by atoms with Crippen LogP contribution < -0.4 is 9.67 Å². The van der Waals surface area contributed by atoms with Gasteiger partial charge in [-0.15, -0.1) is 0 Å². The van der Waals surface area contributed by atoms with Gasteiger partial charge in [-0.2, -0.15) is 13.2 Å². The molecule has 0 spiro atoms. The molecule has 0 unspecified atom stereocenters. The molecular weight excluding hydrogens is 225 g/mol. The van der Waals surface area contributed by atoms with E-state index in [0.717, 1.165) is 6.54 Å². The Hall–Kier alpha value is -1.53. The van der Waals surface area contributed by atoms with Crippen LogP contribution in [0.4, 0.5) is 13.2 Å². The van der Waals surface area contributed by atoms with Crippen molar-refractivity contribution in [3.05, 3.63) is 17.7 Å². The lowest BCUT2D eigenvalue weighted by molar-refractivity contribution is -0.703. The molecule has 1 rings (SSSR count). The molecule has 92 valence electrons. The van der Waals surface area contributed by atoms with E-state index >= 15 is 0 Å². The summed E-state index contributed by atoms with van der Waals surface area (Å²) < 4.78 is 33.8. The number of H-pyrrole nitrogens is 1. The third kappa shape index (κ3) is 4.33. The molecule has 0 aromatic carbocycles. The van der Waals surface area contributed by atoms with Crippen molar-refractivity contribution in [2.45, 2.75) is 33.5 Å². The number of nitrogens with one attached hydrogen (secondary N) is 1. The second kappa shape index (κ2) is 5.53. The molecule has 0 saturated carbocycles. The summed E-state index contributed by atoms with van der Waals surface area (Å²) in [6, 6.07) is 0. The van der Waals surface area contributed by atoms with Crippen LogP contribution >= 0.6 is 0 Å². The van der Waals surface area contributed by atoms with Crippen molar-refractivity contribution in [2.75, 3.05) is 0 Å². The van der Waals surface area contributed by atoms with Gasteiger partial charge in [-0.05, 0) is 6.92 Å². The van der Waals surface area contributed by atoms with Gasteiger partial charge in [0.1, 0.15) is 17.9 Å². The number of rotatable bonds is 1. The Morgan fingerprint density at radius 3 is 2.06 bits per heavy atom. The molecule has 0 aliphatic heterocycles. The molecule has 0 amide bonds. The normalized spacial score (nSPS) is 10.6. The first-order valence-electron chi connectivity index (χ1n) is 4.52. The number of alkyl halides is 3. The summed E-state index contributed by atoms with van der Waals surface area (Å²) in [6.45, 7) is 7.39. The molecular formula is C9H13F3N2O2. The van der Waals surface area contributed by atoms with Gasteiger partial charge < -0.3 is 9.90 Å². The predicted molar refractivity (Wildman–Crippen MR) is 47.2 cm³/mol. The Morgan fingerprint density at radius 1 is 1.50 bits per heavy atom. The quantitative estimate of drug-likeness (QED) is 0.712. The molecule has 0 fully saturated rings. The van der Waals surface area contributed by atoms with Gasteiger partial charge in [0.05, 0.1) is 6.54 Å². The number of imidazole rings is 1. The van der Waals surface area contributed by atoms with Crippen molar-refractivity contribution in [1.82, 2.24) is 4.98 Å². The maximum absolute atomic E-state index is 10.5. The van der Waals surface area contributed by atoms with Crippen molar-refractivity contribution < 1.29 is 27.6 Å². The van der Waals surface area contributed by atoms with Gasteiger partial charge in [0.25, 0.3) is 5.82 Å². The Morgan fingerprint density at radius 2 is 1.94 bits per heavy atom. The molecule has 0 aliphatic rings. The number of aliphatic carboxylic acids is 1. The standard InChI is InChI=1S/C7H12N2.C2HF3O2/c1-4-9-6(2)5-8-7(9)3;3-2(4,5)1(6)7/h5H,4H2,1-3H3;(H,6,7). The number of halogens is 3. The highest BCUT2D eigenvalue weighted by Gasteiger charge is 2.28. The monoisotopic (exact) mass is 238 g/mol. The average molecular weight is 238 g/mol. The SMILES string of the molecule is CC[n+]1c(C)c[nH]c1C.O=C([O-])C(F)(F)F. The number of carboxylic acid groups (broad SMARTS) is 1. The van der Waals surface area contributed by atoms with E-state index in [0.29, 0.717) is 0 Å². The molecule has 0 radical (unpaired) electrons. The summed E-state index contributed by atoms with van der Waals surface area (Å²) in [7, 11) is 0. The number of aryl methyl sites for hydroxylation is 2. The van der Waals surface area contributed by atoms with E-state index in [1.54, 1.807) is 0 Å². The van der Waals surface area contributed by atoms with Crippen molar-refractivity contribution in [1.29, 1.82) is 0 Å². The predicted octanol–water partition coefficient (Wildman–Crippen LogP) is 0.238. The lowest BCUT2D eigenvalue weighted by atomic mass is 10.5. The van der Waals surface area contributed by atoms with E-state index < -0.39 is 12.1 Å². The molecule has 1 aromatic heterocycles. The summed E-state index contributed by atoms with van der Waals surface area (Å²) in [4.78, 5) is 11.9. The van der Waals surface area contributed by atoms with Crippen LogP contribution in [0.3, 0.4) is 0 Å². The topological polar surface area (TPSA) is 59.8 Å². The summed E-state index contributed by atoms with van der Waals surface area (Å²) in [5.74, 6) is -1.78. The maximum atomic E-state index is 10.5. The van der Waals surface area contributed by atoms with Crippen LogP contribution in [0.1, 0.15) is 18.4 Å². The molecule has 1 N–H and O–H groups in total. The average Bonchev–Trinajstić information content (AvgIpc) is 2.45. The zero-order chi connectivity index (χ0) is 12.9. The van der Waals surface area contributed by atoms with Gasteiger partial charge in [-0.25, -0.2) is 9.55 Å². The van der Waals surface area contributed by atoms with E-state index in [1.165, 1.54) is 11.5 Å². The third-order valence-electron chi connectivity index (χ3n) is 1.87. The minimum atomic E-state index is -5.19. The fraction of sp³-hybridized carbons (Fsp3) is 0.556. The molecule has 4 nitrogen and oxygen atoms in total. The first kappa shape index (κ1) is 14.5. The number of nitrogens with zero attached hydrogens (tertiary/aromatic N) is 1. The Balaban J connectivity index is 0.000000293. The number of carbonyl (C=O) groups is 1. The van der Waals surface area contributed by atoms with Crippen LogP contribution in [0.2, 0.25) is 0 Å². The highest BCUT2D eigenvalue weighted by Crippen LogP contribution is 2.11. The largest absolute Gasteiger partial charge is 0.542 e. The maximum Gasteiger partial charge on any atom is 0.430 e. The first-order valence-corrected chi connectivity index (χ1v) is 4.52. The van der Waals surface area contributed by atoms with E-state index in [1.807, 2.05) is 6.20 Å². The lowest BCUT2D eigenvalue weighted by Crippen LogP contribution is -2.37. The molecule has 0 saturated heterocycles. The van der Waals surface area contributed by atoms with Gasteiger partial charge in [0, 0.05) is 13.8 Å². The van der Waals surface area contributed by atoms with Gasteiger partial charge in [0.15, 0.2) is 0 Å². The van der Waals surface area contributed by atoms with Crippen LogP contribution in [0, 0.1) is 13.8 Å². The zero-order valence-electron chi connectivity index (χ0n) is 9.18. The number of aromatic amines is 1. The first-order chi connectivity index (χ1) is 7.20. The zero-order valence-corrected chi connectivity index (χ0v) is 9.18. The molecule has 0 aliphatic carbocycles. The van der Waals surface area contributed by atoms with Gasteiger partial charge in [-0.3, -0.25) is 0 Å². The minimum Gasteiger partial charge on any atom is -0.542 e. The van der Waals surface area contributed by atoms with Crippen LogP contribution in [-0.2, 0) is 11.3 Å². The number of carbonyl (C=O) groups excluding carboxylic acids is 1. The summed E-state index contributed by atoms with van der Waals surface area (Å²) >= 11 is 0. The molecule has 7 heteroatoms. The highest BCUT2D eigenvalue weighted by atomic mass is 19.4. The second-order valence-corrected chi connectivity index (χ2v) is 3.04. The Bertz CT molecular complexity index is 339. The van der Waals surface area contributed by atoms with Crippen molar-refractivity contribution in [2.24, 2.45) is 0 Å². The third-order valence-corrected chi connectivity index (χ3v) is 1.87. The summed E-state index contributed by atoms with van der Waals surface area (Å²) in [5, 5.41) is 8.78. The highest BCUT2D eigenvalue weighted by molar-refractivity contribution is 5.70. The smallest absolute Gasteiger partial charge is 0.430 e. The van der Waals surface area contributed by atoms with E-state index in [9.17, 15) is 13.2 Å². The van der Waals surface area contributed by atoms with E-state index in [4.69, 9.17) is 9.90 Å². The summed E-state index contributed by atoms with van der Waals surface area (Å²) in [5.41, 5.74) is 1.30. The number of hydrogen-bond donors (Lipinski definition) is 1. The van der Waals surface area contributed by atoms with Crippen molar-refractivity contribution in [3.63, 3.8) is 0 Å². The van der Waals surface area contributed by atoms with Gasteiger partial charge in [-0.1, -0.05) is 0 Å². The van der Waals surface area contributed by atoms with Crippen molar-refractivity contribution in [3.8, 4) is 0 Å². The summed E-state index contributed by atoms with van der Waals surface area (Å²) in [6.07, 6.45) is -3.17. The molecule has 1 aromatic rings. The number of aromatic nitrogens is 2. The Kier molecular flexibility index (Phi) is 5.00. The molecule has 0 atom stereocenters. The van der Waals surface area contributed by atoms with E-state index in [-0.39, 0.29) is 0 Å². The number of hydrogen-bond acceptors (Lipinski definition) is 2. The molecule has 16 heavy (non-hydrogen) atoms. The van der Waals surface area contributed by atoms with Crippen LogP contribution in [0.5, 0.6) is 0 Å². The van der Waals surface area contributed by atoms with Crippen LogP contribution in [0.25, 0.3) is 0 Å². The fourth-order valence-electron chi connectivity index (χ4n) is 1.12.